The second kappa shape index (κ2) is 12.6. The lowest BCUT2D eigenvalue weighted by molar-refractivity contribution is -0.140. The van der Waals surface area contributed by atoms with Crippen molar-refractivity contribution in [1.82, 2.24) is 14.5 Å². The van der Waals surface area contributed by atoms with Crippen molar-refractivity contribution in [1.29, 1.82) is 0 Å². The molecule has 0 fully saturated rings. The summed E-state index contributed by atoms with van der Waals surface area (Å²) in [5.74, 6) is -1.70. The zero-order valence-electron chi connectivity index (χ0n) is 21.0. The van der Waals surface area contributed by atoms with E-state index in [-0.39, 0.29) is 18.1 Å². The first-order valence-electron chi connectivity index (χ1n) is 11.6. The van der Waals surface area contributed by atoms with Gasteiger partial charge in [0.1, 0.15) is 18.4 Å². The molecular weight excluding hydrogens is 471 g/mol. The van der Waals surface area contributed by atoms with E-state index >= 15 is 0 Å². The van der Waals surface area contributed by atoms with Crippen LogP contribution in [0.15, 0.2) is 48.5 Å². The highest BCUT2D eigenvalue weighted by atomic mass is 32.2. The third-order valence-corrected chi connectivity index (χ3v) is 7.35. The fourth-order valence-electron chi connectivity index (χ4n) is 3.53. The molecule has 2 aromatic rings. The number of rotatable bonds is 12. The summed E-state index contributed by atoms with van der Waals surface area (Å²) < 4.78 is 42.5. The molecular formula is C25H35FN4O4S. The van der Waals surface area contributed by atoms with Crippen molar-refractivity contribution in [2.75, 3.05) is 31.5 Å². The molecule has 0 saturated carbocycles. The minimum atomic E-state index is -4.21. The van der Waals surface area contributed by atoms with Gasteiger partial charge in [-0.3, -0.25) is 9.59 Å². The standard InChI is InChI=1S/C25H35FN4O4S/c1-6-16-27-25(32)22(7-2)29(17-20-14-12-19(3)13-15-20)24(31)18-30(35(33,34)28(4)5)23-11-9-8-10-21(23)26/h8-15,22H,6-7,16-18H2,1-5H3,(H,27,32)/t22-/m0/s1. The highest BCUT2D eigenvalue weighted by molar-refractivity contribution is 7.90. The number of nitrogens with zero attached hydrogens (tertiary/aromatic N) is 3. The lowest BCUT2D eigenvalue weighted by Crippen LogP contribution is -2.53. The molecule has 2 rings (SSSR count). The predicted octanol–water partition coefficient (Wildman–Crippen LogP) is 3.08. The molecule has 0 bridgehead atoms. The minimum Gasteiger partial charge on any atom is -0.354 e. The molecule has 0 unspecified atom stereocenters. The van der Waals surface area contributed by atoms with Gasteiger partial charge in [-0.2, -0.15) is 12.7 Å². The van der Waals surface area contributed by atoms with Crippen LogP contribution in [-0.2, 0) is 26.3 Å². The predicted molar refractivity (Wildman–Crippen MR) is 135 cm³/mol. The number of carbonyl (C=O) groups excluding carboxylic acids is 2. The SMILES string of the molecule is CCCNC(=O)[C@H](CC)N(Cc1ccc(C)cc1)C(=O)CN(c1ccccc1F)S(=O)(=O)N(C)C. The van der Waals surface area contributed by atoms with Crippen LogP contribution in [-0.4, -0.2) is 62.7 Å². The van der Waals surface area contributed by atoms with Crippen molar-refractivity contribution in [2.45, 2.75) is 46.2 Å². The Labute approximate surface area is 207 Å². The van der Waals surface area contributed by atoms with E-state index in [1.165, 1.54) is 37.2 Å². The number of para-hydroxylation sites is 1. The molecule has 192 valence electrons. The Kier molecular flexibility index (Phi) is 10.2. The fraction of sp³-hybridized carbons (Fsp3) is 0.440. The summed E-state index contributed by atoms with van der Waals surface area (Å²) in [5.41, 5.74) is 1.59. The largest absolute Gasteiger partial charge is 0.354 e. The molecule has 0 aliphatic rings. The number of anilines is 1. The van der Waals surface area contributed by atoms with Crippen LogP contribution >= 0.6 is 0 Å². The number of benzene rings is 2. The van der Waals surface area contributed by atoms with E-state index in [1.54, 1.807) is 6.92 Å². The third kappa shape index (κ3) is 7.25. The van der Waals surface area contributed by atoms with E-state index in [9.17, 15) is 22.4 Å². The number of hydrogen-bond donors (Lipinski definition) is 1. The average molecular weight is 507 g/mol. The monoisotopic (exact) mass is 506 g/mol. The van der Waals surface area contributed by atoms with Gasteiger partial charge in [0.15, 0.2) is 0 Å². The Bertz CT molecular complexity index is 1110. The Morgan fingerprint density at radius 1 is 1.03 bits per heavy atom. The smallest absolute Gasteiger partial charge is 0.304 e. The van der Waals surface area contributed by atoms with Crippen LogP contribution in [0.3, 0.4) is 0 Å². The summed E-state index contributed by atoms with van der Waals surface area (Å²) in [6.45, 7) is 5.55. The lowest BCUT2D eigenvalue weighted by Gasteiger charge is -2.34. The molecule has 0 radical (unpaired) electrons. The third-order valence-electron chi connectivity index (χ3n) is 5.55. The highest BCUT2D eigenvalue weighted by Gasteiger charge is 2.34. The summed E-state index contributed by atoms with van der Waals surface area (Å²) in [6, 6.07) is 12.1. The number of halogens is 1. The molecule has 8 nitrogen and oxygen atoms in total. The maximum absolute atomic E-state index is 14.6. The normalized spacial score (nSPS) is 12.3. The topological polar surface area (TPSA) is 90.0 Å². The summed E-state index contributed by atoms with van der Waals surface area (Å²) in [6.07, 6.45) is 1.06. The molecule has 0 saturated heterocycles. The van der Waals surface area contributed by atoms with E-state index in [2.05, 4.69) is 5.32 Å². The van der Waals surface area contributed by atoms with Crippen LogP contribution in [0.25, 0.3) is 0 Å². The quantitative estimate of drug-likeness (QED) is 0.479. The van der Waals surface area contributed by atoms with Gasteiger partial charge in [0, 0.05) is 27.2 Å². The first kappa shape index (κ1) is 28.3. The zero-order valence-corrected chi connectivity index (χ0v) is 21.8. The second-order valence-electron chi connectivity index (χ2n) is 8.47. The van der Waals surface area contributed by atoms with Crippen LogP contribution < -0.4 is 9.62 Å². The number of hydrogen-bond acceptors (Lipinski definition) is 4. The highest BCUT2D eigenvalue weighted by Crippen LogP contribution is 2.24. The van der Waals surface area contributed by atoms with Gasteiger partial charge < -0.3 is 10.2 Å². The lowest BCUT2D eigenvalue weighted by atomic mass is 10.1. The first-order valence-corrected chi connectivity index (χ1v) is 13.0. The molecule has 1 N–H and O–H groups in total. The Hall–Kier alpha value is -2.98. The first-order chi connectivity index (χ1) is 16.5. The second-order valence-corrected chi connectivity index (χ2v) is 10.5. The van der Waals surface area contributed by atoms with Gasteiger partial charge in [-0.15, -0.1) is 0 Å². The van der Waals surface area contributed by atoms with Gasteiger partial charge in [-0.1, -0.05) is 55.8 Å². The van der Waals surface area contributed by atoms with Gasteiger partial charge in [0.25, 0.3) is 0 Å². The molecule has 0 aromatic heterocycles. The van der Waals surface area contributed by atoms with Crippen molar-refractivity contribution < 1.29 is 22.4 Å². The van der Waals surface area contributed by atoms with E-state index in [0.717, 1.165) is 32.2 Å². The van der Waals surface area contributed by atoms with Crippen molar-refractivity contribution in [3.63, 3.8) is 0 Å². The van der Waals surface area contributed by atoms with Crippen LogP contribution in [0, 0.1) is 12.7 Å². The van der Waals surface area contributed by atoms with Crippen LogP contribution in [0.4, 0.5) is 10.1 Å². The van der Waals surface area contributed by atoms with Crippen molar-refractivity contribution in [3.05, 3.63) is 65.5 Å². The zero-order chi connectivity index (χ0) is 26.2. The number of nitrogens with one attached hydrogen (secondary N) is 1. The minimum absolute atomic E-state index is 0.101. The van der Waals surface area contributed by atoms with Gasteiger partial charge >= 0.3 is 10.2 Å². The summed E-state index contributed by atoms with van der Waals surface area (Å²) in [7, 11) is -1.59. The van der Waals surface area contributed by atoms with Crippen LogP contribution in [0.5, 0.6) is 0 Å². The maximum atomic E-state index is 14.6. The van der Waals surface area contributed by atoms with Gasteiger partial charge in [0.05, 0.1) is 5.69 Å². The number of amides is 2. The number of aryl methyl sites for hydroxylation is 1. The van der Waals surface area contributed by atoms with Crippen molar-refractivity contribution in [2.24, 2.45) is 0 Å². The summed E-state index contributed by atoms with van der Waals surface area (Å²) in [4.78, 5) is 28.0. The van der Waals surface area contributed by atoms with Crippen molar-refractivity contribution in [3.8, 4) is 0 Å². The van der Waals surface area contributed by atoms with Gasteiger partial charge in [-0.05, 0) is 37.5 Å². The Morgan fingerprint density at radius 3 is 2.20 bits per heavy atom. The van der Waals surface area contributed by atoms with Gasteiger partial charge in [-0.25, -0.2) is 8.70 Å². The molecule has 1 atom stereocenters. The molecule has 0 spiro atoms. The molecule has 0 aliphatic carbocycles. The summed E-state index contributed by atoms with van der Waals surface area (Å²) >= 11 is 0. The molecule has 2 aromatic carbocycles. The van der Waals surface area contributed by atoms with Crippen LogP contribution in [0.1, 0.15) is 37.8 Å². The van der Waals surface area contributed by atoms with E-state index in [0.29, 0.717) is 13.0 Å². The van der Waals surface area contributed by atoms with Crippen LogP contribution in [0.2, 0.25) is 0 Å². The van der Waals surface area contributed by atoms with Gasteiger partial charge in [0.2, 0.25) is 11.8 Å². The average Bonchev–Trinajstić information content (AvgIpc) is 2.82. The van der Waals surface area contributed by atoms with E-state index in [4.69, 9.17) is 0 Å². The molecule has 10 heteroatoms. The Balaban J connectivity index is 2.49. The molecule has 2 amide bonds. The van der Waals surface area contributed by atoms with Crippen molar-refractivity contribution >= 4 is 27.7 Å². The van der Waals surface area contributed by atoms with E-state index < -0.39 is 34.5 Å². The fourth-order valence-corrected chi connectivity index (χ4v) is 4.60. The number of carbonyl (C=O) groups is 2. The maximum Gasteiger partial charge on any atom is 0.304 e. The molecule has 0 heterocycles. The molecule has 0 aliphatic heterocycles. The molecule has 35 heavy (non-hydrogen) atoms. The van der Waals surface area contributed by atoms with E-state index in [1.807, 2.05) is 38.1 Å². The Morgan fingerprint density at radius 2 is 1.66 bits per heavy atom. The summed E-state index contributed by atoms with van der Waals surface area (Å²) in [5, 5.41) is 2.82.